The van der Waals surface area contributed by atoms with Gasteiger partial charge in [0.2, 0.25) is 0 Å². The molecule has 8 nitrogen and oxygen atoms in total. The quantitative estimate of drug-likeness (QED) is 0.719. The minimum atomic E-state index is 0.300. The molecule has 0 saturated carbocycles. The number of aromatic nitrogens is 3. The average Bonchev–Trinajstić information content (AvgIpc) is 3.16. The lowest BCUT2D eigenvalue weighted by Crippen LogP contribution is -2.29. The molecule has 2 aliphatic rings. The van der Waals surface area contributed by atoms with Crippen LogP contribution < -0.4 is 16.5 Å². The van der Waals surface area contributed by atoms with Crippen molar-refractivity contribution < 1.29 is 4.84 Å². The molecule has 1 unspecified atom stereocenters. The fraction of sp³-hybridized carbons (Fsp3) is 0.462. The average molecular weight is 287 g/mol. The van der Waals surface area contributed by atoms with Crippen LogP contribution in [0.25, 0.3) is 5.65 Å². The van der Waals surface area contributed by atoms with Crippen LogP contribution in [0.3, 0.4) is 0 Å². The maximum Gasteiger partial charge on any atom is 0.168 e. The van der Waals surface area contributed by atoms with Gasteiger partial charge in [-0.3, -0.25) is 4.84 Å². The standard InChI is InChI=1S/C13H17N7O/c14-11-4-10(8-2-1-3-15-5-8)18-13-9(6-17-20(11)13)12-16-7-21-19-12/h4,6,8,15H,1-3,5,7,14H2,(H,16,19). The van der Waals surface area contributed by atoms with Gasteiger partial charge in [0.1, 0.15) is 5.82 Å². The summed E-state index contributed by atoms with van der Waals surface area (Å²) in [7, 11) is 0. The first kappa shape index (κ1) is 12.5. The fourth-order valence-corrected chi connectivity index (χ4v) is 2.86. The Balaban J connectivity index is 1.80. The molecule has 4 N–H and O–H groups in total. The number of piperidine rings is 1. The van der Waals surface area contributed by atoms with Gasteiger partial charge in [0.15, 0.2) is 18.2 Å². The van der Waals surface area contributed by atoms with E-state index in [1.165, 1.54) is 0 Å². The van der Waals surface area contributed by atoms with Crippen LogP contribution in [0.4, 0.5) is 5.82 Å². The smallest absolute Gasteiger partial charge is 0.168 e. The molecule has 0 radical (unpaired) electrons. The molecule has 4 heterocycles. The fourth-order valence-electron chi connectivity index (χ4n) is 2.86. The number of nitrogens with one attached hydrogen (secondary N) is 2. The van der Waals surface area contributed by atoms with Crippen LogP contribution in [0.15, 0.2) is 17.3 Å². The second-order valence-electron chi connectivity index (χ2n) is 5.33. The minimum Gasteiger partial charge on any atom is -0.384 e. The van der Waals surface area contributed by atoms with Crippen LogP contribution >= 0.6 is 0 Å². The highest BCUT2D eigenvalue weighted by atomic mass is 16.7. The van der Waals surface area contributed by atoms with Crippen LogP contribution in [0.2, 0.25) is 0 Å². The summed E-state index contributed by atoms with van der Waals surface area (Å²) in [5.41, 5.74) is 11.4. The van der Waals surface area contributed by atoms with Gasteiger partial charge in [0, 0.05) is 18.5 Å². The third-order valence-electron chi connectivity index (χ3n) is 3.95. The Hall–Kier alpha value is -2.19. The van der Waals surface area contributed by atoms with E-state index in [2.05, 4.69) is 20.9 Å². The van der Waals surface area contributed by atoms with E-state index in [0.717, 1.165) is 37.2 Å². The van der Waals surface area contributed by atoms with Crippen molar-refractivity contribution in [3.8, 4) is 0 Å². The van der Waals surface area contributed by atoms with Gasteiger partial charge < -0.3 is 11.1 Å². The normalized spacial score (nSPS) is 22.3. The van der Waals surface area contributed by atoms with E-state index in [0.29, 0.717) is 29.9 Å². The zero-order valence-corrected chi connectivity index (χ0v) is 11.5. The highest BCUT2D eigenvalue weighted by Gasteiger charge is 2.21. The van der Waals surface area contributed by atoms with Crippen LogP contribution in [-0.4, -0.2) is 40.3 Å². The lowest BCUT2D eigenvalue weighted by atomic mass is 9.96. The SMILES string of the molecule is Nc1cc(C2CCCNC2)nc2c(C3=NCON3)cnn12. The predicted octanol–water partition coefficient (Wildman–Crippen LogP) is 0.0174. The highest BCUT2D eigenvalue weighted by molar-refractivity contribution is 6.03. The number of nitrogens with zero attached hydrogens (tertiary/aromatic N) is 4. The Morgan fingerprint density at radius 2 is 2.38 bits per heavy atom. The van der Waals surface area contributed by atoms with E-state index in [-0.39, 0.29) is 0 Å². The number of hydrogen-bond donors (Lipinski definition) is 3. The molecule has 21 heavy (non-hydrogen) atoms. The Labute approximate surface area is 121 Å². The van der Waals surface area contributed by atoms with Gasteiger partial charge in [-0.15, -0.1) is 0 Å². The highest BCUT2D eigenvalue weighted by Crippen LogP contribution is 2.25. The maximum atomic E-state index is 6.12. The molecule has 1 saturated heterocycles. The maximum absolute atomic E-state index is 6.12. The molecule has 110 valence electrons. The van der Waals surface area contributed by atoms with Crippen molar-refractivity contribution in [1.29, 1.82) is 0 Å². The number of fused-ring (bicyclic) bond motifs is 1. The number of nitrogen functional groups attached to an aromatic ring is 1. The van der Waals surface area contributed by atoms with Gasteiger partial charge in [-0.2, -0.15) is 9.61 Å². The van der Waals surface area contributed by atoms with Gasteiger partial charge in [-0.1, -0.05) is 0 Å². The van der Waals surface area contributed by atoms with E-state index in [1.807, 2.05) is 6.07 Å². The molecular weight excluding hydrogens is 270 g/mol. The van der Waals surface area contributed by atoms with Gasteiger partial charge in [-0.25, -0.2) is 15.5 Å². The van der Waals surface area contributed by atoms with Crippen molar-refractivity contribution in [1.82, 2.24) is 25.4 Å². The van der Waals surface area contributed by atoms with Crippen molar-refractivity contribution in [3.05, 3.63) is 23.5 Å². The van der Waals surface area contributed by atoms with Crippen molar-refractivity contribution >= 4 is 17.3 Å². The molecule has 2 aromatic rings. The Morgan fingerprint density at radius 3 is 3.14 bits per heavy atom. The number of hydroxylamine groups is 1. The van der Waals surface area contributed by atoms with E-state index < -0.39 is 0 Å². The Morgan fingerprint density at radius 1 is 1.43 bits per heavy atom. The van der Waals surface area contributed by atoms with Crippen molar-refractivity contribution in [2.45, 2.75) is 18.8 Å². The second kappa shape index (κ2) is 4.97. The first-order valence-corrected chi connectivity index (χ1v) is 7.10. The molecular formula is C13H17N7O. The third kappa shape index (κ3) is 2.12. The molecule has 1 atom stereocenters. The molecule has 0 aliphatic carbocycles. The number of aliphatic imine (C=N–C) groups is 1. The molecule has 8 heteroatoms. The summed E-state index contributed by atoms with van der Waals surface area (Å²) in [5, 5.41) is 7.69. The molecule has 2 aromatic heterocycles. The molecule has 1 fully saturated rings. The van der Waals surface area contributed by atoms with Crippen LogP contribution in [0.1, 0.15) is 30.0 Å². The minimum absolute atomic E-state index is 0.300. The van der Waals surface area contributed by atoms with Gasteiger partial charge in [0.05, 0.1) is 17.5 Å². The second-order valence-corrected chi connectivity index (χ2v) is 5.33. The van der Waals surface area contributed by atoms with Crippen LogP contribution in [0, 0.1) is 0 Å². The molecule has 4 rings (SSSR count). The largest absolute Gasteiger partial charge is 0.384 e. The summed E-state index contributed by atoms with van der Waals surface area (Å²) in [6.07, 6.45) is 4.00. The lowest BCUT2D eigenvalue weighted by molar-refractivity contribution is 0.115. The van der Waals surface area contributed by atoms with E-state index in [1.54, 1.807) is 10.7 Å². The Kier molecular flexibility index (Phi) is 2.97. The number of amidine groups is 1. The number of nitrogens with two attached hydrogens (primary N) is 1. The first-order chi connectivity index (χ1) is 10.3. The predicted molar refractivity (Wildman–Crippen MR) is 77.9 cm³/mol. The van der Waals surface area contributed by atoms with E-state index in [4.69, 9.17) is 15.6 Å². The summed E-state index contributed by atoms with van der Waals surface area (Å²) in [5.74, 6) is 1.63. The molecule has 0 aromatic carbocycles. The van der Waals surface area contributed by atoms with Crippen molar-refractivity contribution in [3.63, 3.8) is 0 Å². The topological polar surface area (TPSA) is 102 Å². The number of hydrogen-bond acceptors (Lipinski definition) is 7. The third-order valence-corrected chi connectivity index (χ3v) is 3.95. The summed E-state index contributed by atoms with van der Waals surface area (Å²) in [6, 6.07) is 1.92. The zero-order chi connectivity index (χ0) is 14.2. The molecule has 2 aliphatic heterocycles. The lowest BCUT2D eigenvalue weighted by Gasteiger charge is -2.22. The van der Waals surface area contributed by atoms with Crippen LogP contribution in [0.5, 0.6) is 0 Å². The molecule has 0 spiro atoms. The van der Waals surface area contributed by atoms with Crippen molar-refractivity contribution in [2.75, 3.05) is 25.6 Å². The van der Waals surface area contributed by atoms with Gasteiger partial charge in [-0.05, 0) is 19.4 Å². The van der Waals surface area contributed by atoms with E-state index in [9.17, 15) is 0 Å². The number of rotatable bonds is 2. The monoisotopic (exact) mass is 287 g/mol. The number of anilines is 1. The van der Waals surface area contributed by atoms with Gasteiger partial charge in [0.25, 0.3) is 0 Å². The molecule has 0 bridgehead atoms. The summed E-state index contributed by atoms with van der Waals surface area (Å²) in [6.45, 7) is 2.31. The summed E-state index contributed by atoms with van der Waals surface area (Å²) in [4.78, 5) is 14.1. The van der Waals surface area contributed by atoms with Crippen LogP contribution in [-0.2, 0) is 4.84 Å². The van der Waals surface area contributed by atoms with Crippen molar-refractivity contribution in [2.24, 2.45) is 4.99 Å². The molecule has 0 amide bonds. The van der Waals surface area contributed by atoms with E-state index >= 15 is 0 Å². The first-order valence-electron chi connectivity index (χ1n) is 7.10. The Bertz CT molecular complexity index is 702. The summed E-state index contributed by atoms with van der Waals surface area (Å²) < 4.78 is 1.64. The summed E-state index contributed by atoms with van der Waals surface area (Å²) >= 11 is 0. The zero-order valence-electron chi connectivity index (χ0n) is 11.5. The van der Waals surface area contributed by atoms with Gasteiger partial charge >= 0.3 is 0 Å².